The lowest BCUT2D eigenvalue weighted by Gasteiger charge is -2.34. The van der Waals surface area contributed by atoms with E-state index in [1.54, 1.807) is 11.8 Å². The SMILES string of the molecule is CSc1ccc(C(=O)c2c(C)n3c4c(cccc24)OCC3CN2CCOCC2)cc1. The summed E-state index contributed by atoms with van der Waals surface area (Å²) in [6, 6.07) is 14.1. The Morgan fingerprint density at radius 2 is 1.90 bits per heavy atom. The molecular formula is C24H26N2O3S. The van der Waals surface area contributed by atoms with Gasteiger partial charge in [0, 0.05) is 41.2 Å². The number of rotatable bonds is 5. The van der Waals surface area contributed by atoms with Crippen LogP contribution >= 0.6 is 11.8 Å². The molecule has 1 fully saturated rings. The molecule has 3 heterocycles. The van der Waals surface area contributed by atoms with E-state index < -0.39 is 0 Å². The molecule has 1 aromatic heterocycles. The summed E-state index contributed by atoms with van der Waals surface area (Å²) in [6.45, 7) is 7.03. The lowest BCUT2D eigenvalue weighted by molar-refractivity contribution is 0.0272. The van der Waals surface area contributed by atoms with Crippen LogP contribution in [0.3, 0.4) is 0 Å². The van der Waals surface area contributed by atoms with Gasteiger partial charge in [-0.2, -0.15) is 0 Å². The fraction of sp³-hybridized carbons (Fsp3) is 0.375. The minimum absolute atomic E-state index is 0.0769. The summed E-state index contributed by atoms with van der Waals surface area (Å²) in [5.74, 6) is 0.943. The quantitative estimate of drug-likeness (QED) is 0.456. The molecule has 0 amide bonds. The average molecular weight is 423 g/mol. The highest BCUT2D eigenvalue weighted by atomic mass is 32.2. The molecule has 0 N–H and O–H groups in total. The van der Waals surface area contributed by atoms with Crippen LogP contribution in [0.1, 0.15) is 27.7 Å². The Hall–Kier alpha value is -2.28. The van der Waals surface area contributed by atoms with Crippen molar-refractivity contribution in [3.63, 3.8) is 0 Å². The summed E-state index contributed by atoms with van der Waals surface area (Å²) in [6.07, 6.45) is 2.04. The third kappa shape index (κ3) is 3.33. The standard InChI is InChI=1S/C24H26N2O3S/c1-16-22(24(27)17-6-8-19(30-2)9-7-17)20-4-3-5-21-23(20)26(16)18(15-29-21)14-25-10-12-28-13-11-25/h3-9,18H,10-15H2,1-2H3. The first kappa shape index (κ1) is 19.7. The zero-order valence-electron chi connectivity index (χ0n) is 17.4. The van der Waals surface area contributed by atoms with E-state index in [9.17, 15) is 4.79 Å². The van der Waals surface area contributed by atoms with Crippen molar-refractivity contribution in [3.05, 3.63) is 59.3 Å². The van der Waals surface area contributed by atoms with Gasteiger partial charge in [-0.3, -0.25) is 9.69 Å². The van der Waals surface area contributed by atoms with E-state index in [0.717, 1.165) is 71.2 Å². The molecule has 2 aliphatic rings. The molecule has 5 nitrogen and oxygen atoms in total. The second-order valence-corrected chi connectivity index (χ2v) is 8.80. The van der Waals surface area contributed by atoms with Gasteiger partial charge in [0.15, 0.2) is 5.78 Å². The smallest absolute Gasteiger partial charge is 0.195 e. The number of hydrogen-bond acceptors (Lipinski definition) is 5. The summed E-state index contributed by atoms with van der Waals surface area (Å²) < 4.78 is 14.0. The summed E-state index contributed by atoms with van der Waals surface area (Å²) in [4.78, 5) is 17.1. The molecule has 0 saturated carbocycles. The van der Waals surface area contributed by atoms with E-state index in [1.165, 1.54) is 0 Å². The van der Waals surface area contributed by atoms with Gasteiger partial charge in [0.25, 0.3) is 0 Å². The van der Waals surface area contributed by atoms with Gasteiger partial charge in [-0.25, -0.2) is 0 Å². The molecule has 1 unspecified atom stereocenters. The minimum atomic E-state index is 0.0769. The molecule has 30 heavy (non-hydrogen) atoms. The van der Waals surface area contributed by atoms with E-state index >= 15 is 0 Å². The highest BCUT2D eigenvalue weighted by molar-refractivity contribution is 7.98. The summed E-state index contributed by atoms with van der Waals surface area (Å²) in [7, 11) is 0. The van der Waals surface area contributed by atoms with Crippen LogP contribution in [-0.4, -0.2) is 61.0 Å². The molecule has 6 heteroatoms. The topological polar surface area (TPSA) is 43.7 Å². The Labute approximate surface area is 180 Å². The number of thioether (sulfide) groups is 1. The van der Waals surface area contributed by atoms with Crippen LogP contribution in [0, 0.1) is 6.92 Å². The normalized spacial score (nSPS) is 19.1. The van der Waals surface area contributed by atoms with E-state index in [2.05, 4.69) is 16.4 Å². The molecule has 0 bridgehead atoms. The van der Waals surface area contributed by atoms with Crippen molar-refractivity contribution in [1.82, 2.24) is 9.47 Å². The van der Waals surface area contributed by atoms with Crippen LogP contribution in [0.15, 0.2) is 47.4 Å². The molecule has 1 atom stereocenters. The van der Waals surface area contributed by atoms with Crippen molar-refractivity contribution in [2.45, 2.75) is 17.9 Å². The van der Waals surface area contributed by atoms with Gasteiger partial charge >= 0.3 is 0 Å². The molecule has 5 rings (SSSR count). The van der Waals surface area contributed by atoms with Crippen molar-refractivity contribution in [2.75, 3.05) is 45.7 Å². The first-order valence-corrected chi connectivity index (χ1v) is 11.6. The van der Waals surface area contributed by atoms with Gasteiger partial charge in [0.05, 0.1) is 30.3 Å². The zero-order valence-corrected chi connectivity index (χ0v) is 18.2. The largest absolute Gasteiger partial charge is 0.489 e. The number of hydrogen-bond donors (Lipinski definition) is 0. The molecule has 0 radical (unpaired) electrons. The summed E-state index contributed by atoms with van der Waals surface area (Å²) >= 11 is 1.68. The molecule has 0 aliphatic carbocycles. The Morgan fingerprint density at radius 1 is 1.13 bits per heavy atom. The number of ketones is 1. The van der Waals surface area contributed by atoms with E-state index in [4.69, 9.17) is 9.47 Å². The Kier molecular flexibility index (Phi) is 5.31. The second-order valence-electron chi connectivity index (χ2n) is 7.92. The predicted octanol–water partition coefficient (Wildman–Crippen LogP) is 4.17. The second kappa shape index (κ2) is 8.10. The number of ether oxygens (including phenoxy) is 2. The van der Waals surface area contributed by atoms with Gasteiger partial charge in [0.2, 0.25) is 0 Å². The van der Waals surface area contributed by atoms with Crippen molar-refractivity contribution < 1.29 is 14.3 Å². The predicted molar refractivity (Wildman–Crippen MR) is 120 cm³/mol. The molecular weight excluding hydrogens is 396 g/mol. The summed E-state index contributed by atoms with van der Waals surface area (Å²) in [5.41, 5.74) is 3.59. The van der Waals surface area contributed by atoms with Gasteiger partial charge in [0.1, 0.15) is 12.4 Å². The lowest BCUT2D eigenvalue weighted by Crippen LogP contribution is -2.42. The fourth-order valence-electron chi connectivity index (χ4n) is 4.68. The maximum Gasteiger partial charge on any atom is 0.195 e. The van der Waals surface area contributed by atoms with Gasteiger partial charge in [-0.05, 0) is 43.5 Å². The number of morpholine rings is 1. The highest BCUT2D eigenvalue weighted by Gasteiger charge is 2.31. The summed E-state index contributed by atoms with van der Waals surface area (Å²) in [5, 5.41) is 0.982. The van der Waals surface area contributed by atoms with Crippen molar-refractivity contribution in [1.29, 1.82) is 0 Å². The number of benzene rings is 2. The molecule has 3 aromatic rings. The van der Waals surface area contributed by atoms with Gasteiger partial charge in [-0.1, -0.05) is 12.1 Å². The van der Waals surface area contributed by atoms with Crippen LogP contribution < -0.4 is 4.74 Å². The number of aromatic nitrogens is 1. The third-order valence-corrected chi connectivity index (χ3v) is 6.92. The number of carbonyl (C=O) groups excluding carboxylic acids is 1. The molecule has 156 valence electrons. The molecule has 0 spiro atoms. The Balaban J connectivity index is 1.58. The van der Waals surface area contributed by atoms with E-state index in [0.29, 0.717) is 6.61 Å². The lowest BCUT2D eigenvalue weighted by atomic mass is 10.0. The molecule has 1 saturated heterocycles. The monoisotopic (exact) mass is 422 g/mol. The van der Waals surface area contributed by atoms with Crippen molar-refractivity contribution in [2.24, 2.45) is 0 Å². The zero-order chi connectivity index (χ0) is 20.7. The van der Waals surface area contributed by atoms with Gasteiger partial charge < -0.3 is 14.0 Å². The average Bonchev–Trinajstić information content (AvgIpc) is 3.09. The first-order valence-electron chi connectivity index (χ1n) is 10.4. The van der Waals surface area contributed by atoms with Crippen molar-refractivity contribution >= 4 is 28.4 Å². The maximum atomic E-state index is 13.6. The first-order chi connectivity index (χ1) is 14.7. The Bertz CT molecular complexity index is 1080. The number of carbonyl (C=O) groups is 1. The minimum Gasteiger partial charge on any atom is -0.489 e. The molecule has 2 aliphatic heterocycles. The fourth-order valence-corrected chi connectivity index (χ4v) is 5.09. The highest BCUT2D eigenvalue weighted by Crippen LogP contribution is 2.39. The number of para-hydroxylation sites is 1. The van der Waals surface area contributed by atoms with Crippen LogP contribution in [0.4, 0.5) is 0 Å². The van der Waals surface area contributed by atoms with Crippen LogP contribution in [0.25, 0.3) is 10.9 Å². The maximum absolute atomic E-state index is 13.6. The van der Waals surface area contributed by atoms with Gasteiger partial charge in [-0.15, -0.1) is 11.8 Å². The Morgan fingerprint density at radius 3 is 2.63 bits per heavy atom. The van der Waals surface area contributed by atoms with Crippen LogP contribution in [0.2, 0.25) is 0 Å². The number of nitrogens with zero attached hydrogens (tertiary/aromatic N) is 2. The van der Waals surface area contributed by atoms with E-state index in [-0.39, 0.29) is 11.8 Å². The third-order valence-electron chi connectivity index (χ3n) is 6.18. The van der Waals surface area contributed by atoms with Crippen LogP contribution in [-0.2, 0) is 4.74 Å². The van der Waals surface area contributed by atoms with Crippen LogP contribution in [0.5, 0.6) is 5.75 Å². The van der Waals surface area contributed by atoms with E-state index in [1.807, 2.05) is 48.7 Å². The van der Waals surface area contributed by atoms with Crippen molar-refractivity contribution in [3.8, 4) is 5.75 Å². The molecule has 2 aromatic carbocycles.